The first kappa shape index (κ1) is 23.6. The number of alkyl halides is 3. The number of halogens is 3. The average molecular weight is 485 g/mol. The highest BCUT2D eigenvalue weighted by molar-refractivity contribution is 7.93. The molecule has 0 radical (unpaired) electrons. The second kappa shape index (κ2) is 8.47. The van der Waals surface area contributed by atoms with Crippen LogP contribution in [0.15, 0.2) is 76.5 Å². The summed E-state index contributed by atoms with van der Waals surface area (Å²) < 4.78 is 94.2. The molecule has 3 aromatic carbocycles. The van der Waals surface area contributed by atoms with Gasteiger partial charge in [-0.1, -0.05) is 24.3 Å². The van der Waals surface area contributed by atoms with E-state index in [0.29, 0.717) is 6.07 Å². The van der Waals surface area contributed by atoms with Crippen LogP contribution in [0.5, 0.6) is 0 Å². The molecule has 0 fully saturated rings. The van der Waals surface area contributed by atoms with Gasteiger partial charge in [-0.25, -0.2) is 16.8 Å². The van der Waals surface area contributed by atoms with Crippen molar-refractivity contribution in [3.05, 3.63) is 83.4 Å². The monoisotopic (exact) mass is 484 g/mol. The molecule has 3 rings (SSSR count). The Morgan fingerprint density at radius 1 is 0.719 bits per heavy atom. The van der Waals surface area contributed by atoms with Crippen molar-refractivity contribution < 1.29 is 30.0 Å². The van der Waals surface area contributed by atoms with E-state index in [1.165, 1.54) is 37.3 Å². The highest BCUT2D eigenvalue weighted by atomic mass is 32.2. The summed E-state index contributed by atoms with van der Waals surface area (Å²) in [7, 11) is -8.29. The molecule has 2 N–H and O–H groups in total. The number of rotatable bonds is 6. The first-order valence-electron chi connectivity index (χ1n) is 9.18. The van der Waals surface area contributed by atoms with Crippen LogP contribution in [-0.2, 0) is 26.2 Å². The fourth-order valence-corrected chi connectivity index (χ4v) is 5.39. The minimum Gasteiger partial charge on any atom is -0.280 e. The molecular weight excluding hydrogens is 465 g/mol. The zero-order chi connectivity index (χ0) is 23.7. The second-order valence-electron chi connectivity index (χ2n) is 7.09. The third kappa shape index (κ3) is 5.40. The quantitative estimate of drug-likeness (QED) is 0.519. The number of benzene rings is 3. The topological polar surface area (TPSA) is 92.3 Å². The lowest BCUT2D eigenvalue weighted by Crippen LogP contribution is -2.17. The predicted molar refractivity (Wildman–Crippen MR) is 115 cm³/mol. The first-order chi connectivity index (χ1) is 14.8. The van der Waals surface area contributed by atoms with Crippen LogP contribution in [-0.4, -0.2) is 16.8 Å². The van der Waals surface area contributed by atoms with Gasteiger partial charge in [0.1, 0.15) is 0 Å². The molecule has 11 heteroatoms. The van der Waals surface area contributed by atoms with Gasteiger partial charge in [-0.3, -0.25) is 9.44 Å². The maximum atomic E-state index is 12.9. The van der Waals surface area contributed by atoms with Gasteiger partial charge in [-0.05, 0) is 67.4 Å². The number of hydrogen-bond acceptors (Lipinski definition) is 4. The number of hydrogen-bond donors (Lipinski definition) is 2. The SMILES string of the molecule is Cc1cccc(S(=O)(=O)Nc2ccc(C)c(S(=O)(=O)Nc3cccc(C(F)(F)F)c3)c2)c1. The molecule has 0 atom stereocenters. The summed E-state index contributed by atoms with van der Waals surface area (Å²) in [6.45, 7) is 3.22. The Hall–Kier alpha value is -3.05. The normalized spacial score (nSPS) is 12.4. The molecule has 0 unspecified atom stereocenters. The van der Waals surface area contributed by atoms with E-state index in [2.05, 4.69) is 9.44 Å². The lowest BCUT2D eigenvalue weighted by molar-refractivity contribution is -0.137. The molecule has 0 spiro atoms. The van der Waals surface area contributed by atoms with E-state index in [1.807, 2.05) is 0 Å². The summed E-state index contributed by atoms with van der Waals surface area (Å²) in [6.07, 6.45) is -4.63. The molecule has 0 aliphatic heterocycles. The van der Waals surface area contributed by atoms with Crippen molar-refractivity contribution in [3.8, 4) is 0 Å². The standard InChI is InChI=1S/C21H19F3N2O4S2/c1-14-5-3-8-19(11-14)31(27,28)25-18-10-9-15(2)20(13-18)32(29,30)26-17-7-4-6-16(12-17)21(22,23)24/h3-13,25-26H,1-2H3. The molecule has 0 aliphatic carbocycles. The van der Waals surface area contributed by atoms with Gasteiger partial charge in [0.05, 0.1) is 21.0 Å². The van der Waals surface area contributed by atoms with E-state index < -0.39 is 31.8 Å². The Morgan fingerprint density at radius 3 is 2.00 bits per heavy atom. The maximum Gasteiger partial charge on any atom is 0.416 e. The van der Waals surface area contributed by atoms with Crippen molar-refractivity contribution in [2.75, 3.05) is 9.44 Å². The second-order valence-corrected chi connectivity index (χ2v) is 10.4. The molecular formula is C21H19F3N2O4S2. The van der Waals surface area contributed by atoms with Crippen molar-refractivity contribution >= 4 is 31.4 Å². The van der Waals surface area contributed by atoms with E-state index in [4.69, 9.17) is 0 Å². The van der Waals surface area contributed by atoms with Crippen molar-refractivity contribution in [1.82, 2.24) is 0 Å². The molecule has 0 saturated carbocycles. The maximum absolute atomic E-state index is 12.9. The van der Waals surface area contributed by atoms with Crippen LogP contribution < -0.4 is 9.44 Å². The Labute approximate surface area is 184 Å². The molecule has 3 aromatic rings. The van der Waals surface area contributed by atoms with Crippen LogP contribution >= 0.6 is 0 Å². The molecule has 6 nitrogen and oxygen atoms in total. The number of nitrogens with one attached hydrogen (secondary N) is 2. The van der Waals surface area contributed by atoms with Gasteiger partial charge < -0.3 is 0 Å². The van der Waals surface area contributed by atoms with E-state index in [0.717, 1.165) is 23.8 Å². The Morgan fingerprint density at radius 2 is 1.34 bits per heavy atom. The summed E-state index contributed by atoms with van der Waals surface area (Å²) >= 11 is 0. The summed E-state index contributed by atoms with van der Waals surface area (Å²) in [5, 5.41) is 0. The van der Waals surface area contributed by atoms with Crippen LogP contribution in [0.4, 0.5) is 24.5 Å². The minimum absolute atomic E-state index is 0.00423. The lowest BCUT2D eigenvalue weighted by Gasteiger charge is -2.14. The predicted octanol–water partition coefficient (Wildman–Crippen LogP) is 4.92. The molecule has 0 bridgehead atoms. The number of aryl methyl sites for hydroxylation is 2. The van der Waals surface area contributed by atoms with Crippen LogP contribution in [0.3, 0.4) is 0 Å². The fourth-order valence-electron chi connectivity index (χ4n) is 2.92. The van der Waals surface area contributed by atoms with Crippen molar-refractivity contribution in [2.45, 2.75) is 29.8 Å². The van der Waals surface area contributed by atoms with E-state index in [9.17, 15) is 30.0 Å². The van der Waals surface area contributed by atoms with Crippen LogP contribution in [0.25, 0.3) is 0 Å². The number of sulfonamides is 2. The highest BCUT2D eigenvalue weighted by Crippen LogP contribution is 2.32. The van der Waals surface area contributed by atoms with Gasteiger partial charge in [0.15, 0.2) is 0 Å². The zero-order valence-corrected chi connectivity index (χ0v) is 18.6. The first-order valence-corrected chi connectivity index (χ1v) is 12.1. The molecule has 0 heterocycles. The molecule has 0 saturated heterocycles. The van der Waals surface area contributed by atoms with Crippen LogP contribution in [0.2, 0.25) is 0 Å². The zero-order valence-electron chi connectivity index (χ0n) is 16.9. The van der Waals surface area contributed by atoms with Gasteiger partial charge >= 0.3 is 6.18 Å². The third-order valence-electron chi connectivity index (χ3n) is 4.47. The molecule has 0 aliphatic rings. The Kier molecular flexibility index (Phi) is 6.25. The molecule has 170 valence electrons. The van der Waals surface area contributed by atoms with E-state index in [-0.39, 0.29) is 26.7 Å². The van der Waals surface area contributed by atoms with Crippen molar-refractivity contribution in [3.63, 3.8) is 0 Å². The van der Waals surface area contributed by atoms with Crippen molar-refractivity contribution in [1.29, 1.82) is 0 Å². The Bertz CT molecular complexity index is 1370. The van der Waals surface area contributed by atoms with E-state index in [1.54, 1.807) is 19.1 Å². The van der Waals surface area contributed by atoms with Gasteiger partial charge in [-0.15, -0.1) is 0 Å². The summed E-state index contributed by atoms with van der Waals surface area (Å²) in [5.74, 6) is 0. The summed E-state index contributed by atoms with van der Waals surface area (Å²) in [5.41, 5.74) is -0.283. The minimum atomic E-state index is -4.63. The molecule has 32 heavy (non-hydrogen) atoms. The summed E-state index contributed by atoms with van der Waals surface area (Å²) in [6, 6.07) is 13.8. The molecule has 0 amide bonds. The summed E-state index contributed by atoms with van der Waals surface area (Å²) in [4.78, 5) is -0.274. The van der Waals surface area contributed by atoms with E-state index >= 15 is 0 Å². The Balaban J connectivity index is 1.93. The largest absolute Gasteiger partial charge is 0.416 e. The third-order valence-corrected chi connectivity index (χ3v) is 7.37. The fraction of sp³-hybridized carbons (Fsp3) is 0.143. The number of anilines is 2. The van der Waals surface area contributed by atoms with Crippen LogP contribution in [0, 0.1) is 13.8 Å². The van der Waals surface area contributed by atoms with Crippen molar-refractivity contribution in [2.24, 2.45) is 0 Å². The van der Waals surface area contributed by atoms with Crippen LogP contribution in [0.1, 0.15) is 16.7 Å². The average Bonchev–Trinajstić information content (AvgIpc) is 2.68. The van der Waals surface area contributed by atoms with Gasteiger partial charge in [0.2, 0.25) is 0 Å². The molecule has 0 aromatic heterocycles. The van der Waals surface area contributed by atoms with Gasteiger partial charge in [-0.2, -0.15) is 13.2 Å². The van der Waals surface area contributed by atoms with Gasteiger partial charge in [0, 0.05) is 5.69 Å². The highest BCUT2D eigenvalue weighted by Gasteiger charge is 2.31. The smallest absolute Gasteiger partial charge is 0.280 e. The van der Waals surface area contributed by atoms with Gasteiger partial charge in [0.25, 0.3) is 20.0 Å². The lowest BCUT2D eigenvalue weighted by atomic mass is 10.2.